The molecular weight excluding hydrogens is 423 g/mol. The van der Waals surface area contributed by atoms with E-state index in [1.165, 1.54) is 31.5 Å². The van der Waals surface area contributed by atoms with E-state index in [0.717, 1.165) is 36.4 Å². The van der Waals surface area contributed by atoms with Gasteiger partial charge in [-0.3, -0.25) is 4.99 Å². The Morgan fingerprint density at radius 2 is 1.87 bits per heavy atom. The minimum Gasteiger partial charge on any atom is -0.356 e. The molecule has 1 aromatic carbocycles. The molecule has 1 aliphatic heterocycles. The topological polar surface area (TPSA) is 39.7 Å². The van der Waals surface area contributed by atoms with Gasteiger partial charge in [0.2, 0.25) is 0 Å². The summed E-state index contributed by atoms with van der Waals surface area (Å²) in [6, 6.07) is 8.01. The molecule has 0 aromatic heterocycles. The van der Waals surface area contributed by atoms with Gasteiger partial charge in [-0.15, -0.1) is 24.0 Å². The van der Waals surface area contributed by atoms with Crippen molar-refractivity contribution in [2.75, 3.05) is 40.3 Å². The predicted molar refractivity (Wildman–Crippen MR) is 110 cm³/mol. The Bertz CT molecular complexity index is 470. The highest BCUT2D eigenvalue weighted by atomic mass is 127. The summed E-state index contributed by atoms with van der Waals surface area (Å²) in [5, 5.41) is 7.61. The average Bonchev–Trinajstić information content (AvgIpc) is 2.54. The highest BCUT2D eigenvalue weighted by Crippen LogP contribution is 2.14. The monoisotopic (exact) mass is 450 g/mol. The quantitative estimate of drug-likeness (QED) is 0.412. The Morgan fingerprint density at radius 1 is 1.22 bits per heavy atom. The Balaban J connectivity index is 0.00000264. The number of rotatable bonds is 5. The first-order chi connectivity index (χ1) is 10.7. The highest BCUT2D eigenvalue weighted by molar-refractivity contribution is 14.0. The van der Waals surface area contributed by atoms with Gasteiger partial charge < -0.3 is 15.5 Å². The van der Waals surface area contributed by atoms with E-state index in [9.17, 15) is 0 Å². The lowest BCUT2D eigenvalue weighted by Crippen LogP contribution is -2.42. The first kappa shape index (κ1) is 20.5. The molecule has 6 heteroatoms. The molecule has 0 amide bonds. The number of hydrogen-bond acceptors (Lipinski definition) is 2. The van der Waals surface area contributed by atoms with Crippen molar-refractivity contribution in [3.05, 3.63) is 34.9 Å². The second-order valence-electron chi connectivity index (χ2n) is 6.00. The molecule has 0 aliphatic carbocycles. The van der Waals surface area contributed by atoms with Crippen molar-refractivity contribution in [3.8, 4) is 0 Å². The van der Waals surface area contributed by atoms with Crippen LogP contribution in [0.15, 0.2) is 29.3 Å². The van der Waals surface area contributed by atoms with Crippen molar-refractivity contribution in [2.24, 2.45) is 10.9 Å². The van der Waals surface area contributed by atoms with Crippen molar-refractivity contribution >= 4 is 41.5 Å². The SMILES string of the molecule is CN=C(NCCc1ccc(Cl)cc1)NCC1CCN(C)CC1.I. The van der Waals surface area contributed by atoms with E-state index in [4.69, 9.17) is 11.6 Å². The minimum absolute atomic E-state index is 0. The van der Waals surface area contributed by atoms with E-state index < -0.39 is 0 Å². The molecule has 0 atom stereocenters. The Hall–Kier alpha value is -0.530. The molecule has 130 valence electrons. The fourth-order valence-corrected chi connectivity index (χ4v) is 2.83. The van der Waals surface area contributed by atoms with Crippen molar-refractivity contribution in [1.29, 1.82) is 0 Å². The van der Waals surface area contributed by atoms with Crippen molar-refractivity contribution < 1.29 is 0 Å². The molecule has 1 fully saturated rings. The number of halogens is 2. The van der Waals surface area contributed by atoms with E-state index in [0.29, 0.717) is 0 Å². The van der Waals surface area contributed by atoms with Gasteiger partial charge in [-0.1, -0.05) is 23.7 Å². The highest BCUT2D eigenvalue weighted by Gasteiger charge is 2.16. The van der Waals surface area contributed by atoms with E-state index in [-0.39, 0.29) is 24.0 Å². The third-order valence-corrected chi connectivity index (χ3v) is 4.49. The van der Waals surface area contributed by atoms with Crippen LogP contribution in [0.25, 0.3) is 0 Å². The lowest BCUT2D eigenvalue weighted by molar-refractivity contribution is 0.220. The molecule has 2 N–H and O–H groups in total. The van der Waals surface area contributed by atoms with Gasteiger partial charge in [-0.25, -0.2) is 0 Å². The second-order valence-corrected chi connectivity index (χ2v) is 6.44. The summed E-state index contributed by atoms with van der Waals surface area (Å²) >= 11 is 5.89. The summed E-state index contributed by atoms with van der Waals surface area (Å²) in [5.74, 6) is 1.65. The van der Waals surface area contributed by atoms with Crippen LogP contribution in [0.4, 0.5) is 0 Å². The summed E-state index contributed by atoms with van der Waals surface area (Å²) in [5.41, 5.74) is 1.28. The number of likely N-dealkylation sites (tertiary alicyclic amines) is 1. The van der Waals surface area contributed by atoms with Crippen LogP contribution >= 0.6 is 35.6 Å². The molecule has 0 radical (unpaired) electrons. The molecule has 0 bridgehead atoms. The van der Waals surface area contributed by atoms with Gasteiger partial charge in [0.05, 0.1) is 0 Å². The molecule has 0 unspecified atom stereocenters. The van der Waals surface area contributed by atoms with Crippen molar-refractivity contribution in [1.82, 2.24) is 15.5 Å². The van der Waals surface area contributed by atoms with Crippen LogP contribution in [0.3, 0.4) is 0 Å². The molecule has 0 saturated carbocycles. The van der Waals surface area contributed by atoms with E-state index in [1.807, 2.05) is 19.2 Å². The van der Waals surface area contributed by atoms with E-state index >= 15 is 0 Å². The number of nitrogens with one attached hydrogen (secondary N) is 2. The molecule has 1 heterocycles. The zero-order valence-corrected chi connectivity index (χ0v) is 17.1. The molecule has 2 rings (SSSR count). The Kier molecular flexibility index (Phi) is 9.90. The van der Waals surface area contributed by atoms with E-state index in [2.05, 4.69) is 39.7 Å². The van der Waals surface area contributed by atoms with Crippen LogP contribution in [-0.2, 0) is 6.42 Å². The van der Waals surface area contributed by atoms with Gasteiger partial charge >= 0.3 is 0 Å². The third kappa shape index (κ3) is 7.72. The lowest BCUT2D eigenvalue weighted by atomic mass is 9.97. The lowest BCUT2D eigenvalue weighted by Gasteiger charge is -2.29. The van der Waals surface area contributed by atoms with Crippen LogP contribution in [0.5, 0.6) is 0 Å². The fourth-order valence-electron chi connectivity index (χ4n) is 2.70. The van der Waals surface area contributed by atoms with Crippen LogP contribution < -0.4 is 10.6 Å². The van der Waals surface area contributed by atoms with Gasteiger partial charge in [0.15, 0.2) is 5.96 Å². The van der Waals surface area contributed by atoms with Crippen LogP contribution in [0.2, 0.25) is 5.02 Å². The first-order valence-corrected chi connectivity index (χ1v) is 8.42. The van der Waals surface area contributed by atoms with Crippen LogP contribution in [0, 0.1) is 5.92 Å². The molecule has 1 aliphatic rings. The number of nitrogens with zero attached hydrogens (tertiary/aromatic N) is 2. The Labute approximate surface area is 162 Å². The third-order valence-electron chi connectivity index (χ3n) is 4.24. The summed E-state index contributed by atoms with van der Waals surface area (Å²) in [6.45, 7) is 4.28. The average molecular weight is 451 g/mol. The molecule has 1 aromatic rings. The van der Waals surface area contributed by atoms with Crippen molar-refractivity contribution in [2.45, 2.75) is 19.3 Å². The molecule has 23 heavy (non-hydrogen) atoms. The van der Waals surface area contributed by atoms with Gasteiger partial charge in [0.25, 0.3) is 0 Å². The summed E-state index contributed by atoms with van der Waals surface area (Å²) in [6.07, 6.45) is 3.50. The number of piperidine rings is 1. The zero-order chi connectivity index (χ0) is 15.8. The van der Waals surface area contributed by atoms with Crippen LogP contribution in [-0.4, -0.2) is 51.1 Å². The molecule has 4 nitrogen and oxygen atoms in total. The fraction of sp³-hybridized carbons (Fsp3) is 0.588. The van der Waals surface area contributed by atoms with Gasteiger partial charge in [-0.05, 0) is 63.0 Å². The molecule has 1 saturated heterocycles. The van der Waals surface area contributed by atoms with Crippen LogP contribution in [0.1, 0.15) is 18.4 Å². The maximum atomic E-state index is 5.89. The predicted octanol–water partition coefficient (Wildman–Crippen LogP) is 3.01. The smallest absolute Gasteiger partial charge is 0.190 e. The number of aliphatic imine (C=N–C) groups is 1. The number of guanidine groups is 1. The maximum absolute atomic E-state index is 5.89. The number of benzene rings is 1. The second kappa shape index (κ2) is 11.1. The molecule has 0 spiro atoms. The summed E-state index contributed by atoms with van der Waals surface area (Å²) in [4.78, 5) is 6.69. The normalized spacial score (nSPS) is 16.7. The summed E-state index contributed by atoms with van der Waals surface area (Å²) < 4.78 is 0. The summed E-state index contributed by atoms with van der Waals surface area (Å²) in [7, 11) is 4.02. The van der Waals surface area contributed by atoms with Gasteiger partial charge in [-0.2, -0.15) is 0 Å². The maximum Gasteiger partial charge on any atom is 0.190 e. The number of hydrogen-bond donors (Lipinski definition) is 2. The zero-order valence-electron chi connectivity index (χ0n) is 14.0. The standard InChI is InChI=1S/C17H27ClN4.HI/c1-19-17(21-13-15-8-11-22(2)12-9-15)20-10-7-14-3-5-16(18)6-4-14;/h3-6,15H,7-13H2,1-2H3,(H2,19,20,21);1H. The molecular formula is C17H28ClIN4. The first-order valence-electron chi connectivity index (χ1n) is 8.05. The van der Waals surface area contributed by atoms with Gasteiger partial charge in [0, 0.05) is 25.2 Å². The van der Waals surface area contributed by atoms with E-state index in [1.54, 1.807) is 0 Å². The minimum atomic E-state index is 0. The largest absolute Gasteiger partial charge is 0.356 e. The van der Waals surface area contributed by atoms with Crippen molar-refractivity contribution in [3.63, 3.8) is 0 Å². The Morgan fingerprint density at radius 3 is 2.48 bits per heavy atom. The van der Waals surface area contributed by atoms with Gasteiger partial charge in [0.1, 0.15) is 0 Å².